The van der Waals surface area contributed by atoms with Crippen molar-refractivity contribution in [1.29, 1.82) is 0 Å². The van der Waals surface area contributed by atoms with Gasteiger partial charge in [0.15, 0.2) is 5.65 Å². The summed E-state index contributed by atoms with van der Waals surface area (Å²) in [5.74, 6) is 0. The predicted octanol–water partition coefficient (Wildman–Crippen LogP) is 8.70. The van der Waals surface area contributed by atoms with Crippen LogP contribution in [-0.2, 0) is 0 Å². The van der Waals surface area contributed by atoms with Gasteiger partial charge in [0, 0.05) is 11.1 Å². The molecule has 0 aliphatic heterocycles. The molecule has 6 aromatic carbocycles. The minimum Gasteiger partial charge on any atom is -0.293 e. The molecule has 8 aromatic rings. The standard InChI is InChI=1S/C34H21N3/c1-2-11-25(12-3-1)37-31-16-7-6-14-28(31)33-34(37)36-29-20-19-24(21-30(29)35-33)27-15-8-10-23-18-17-22-9-4-5-13-26(22)32(23)27/h1-21H. The molecule has 0 N–H and O–H groups in total. The average Bonchev–Trinajstić information content (AvgIpc) is 3.29. The van der Waals surface area contributed by atoms with E-state index in [1.807, 2.05) is 6.07 Å². The van der Waals surface area contributed by atoms with Gasteiger partial charge in [-0.2, -0.15) is 0 Å². The maximum absolute atomic E-state index is 5.20. The molecule has 2 heterocycles. The second-order valence-electron chi connectivity index (χ2n) is 9.48. The SMILES string of the molecule is c1ccc(-n2c3ccccc3c3nc4cc(-c5cccc6ccc7ccccc7c56)ccc4nc32)cc1. The Bertz CT molecular complexity index is 2140. The molecule has 8 rings (SSSR count). The summed E-state index contributed by atoms with van der Waals surface area (Å²) in [5.41, 5.74) is 8.15. The molecule has 0 saturated heterocycles. The maximum Gasteiger partial charge on any atom is 0.165 e. The first kappa shape index (κ1) is 20.2. The Morgan fingerprint density at radius 3 is 2.19 bits per heavy atom. The van der Waals surface area contributed by atoms with E-state index in [-0.39, 0.29) is 0 Å². The van der Waals surface area contributed by atoms with Gasteiger partial charge >= 0.3 is 0 Å². The molecule has 2 aromatic heterocycles. The van der Waals surface area contributed by atoms with Crippen LogP contribution in [0.25, 0.3) is 71.5 Å². The van der Waals surface area contributed by atoms with Gasteiger partial charge in [-0.1, -0.05) is 97.1 Å². The Morgan fingerprint density at radius 1 is 0.514 bits per heavy atom. The minimum atomic E-state index is 0.879. The van der Waals surface area contributed by atoms with Crippen molar-refractivity contribution >= 4 is 54.6 Å². The molecule has 0 amide bonds. The topological polar surface area (TPSA) is 30.7 Å². The summed E-state index contributed by atoms with van der Waals surface area (Å²) >= 11 is 0. The van der Waals surface area contributed by atoms with Gasteiger partial charge in [0.25, 0.3) is 0 Å². The summed E-state index contributed by atoms with van der Waals surface area (Å²) in [5, 5.41) is 6.14. The molecule has 0 unspecified atom stereocenters. The first-order valence-electron chi connectivity index (χ1n) is 12.5. The highest BCUT2D eigenvalue weighted by Crippen LogP contribution is 2.36. The van der Waals surface area contributed by atoms with Gasteiger partial charge in [-0.15, -0.1) is 0 Å². The van der Waals surface area contributed by atoms with E-state index < -0.39 is 0 Å². The lowest BCUT2D eigenvalue weighted by atomic mass is 9.93. The molecular weight excluding hydrogens is 450 g/mol. The van der Waals surface area contributed by atoms with Crippen LogP contribution in [0.4, 0.5) is 0 Å². The van der Waals surface area contributed by atoms with E-state index >= 15 is 0 Å². The summed E-state index contributed by atoms with van der Waals surface area (Å²) in [6, 6.07) is 44.8. The number of rotatable bonds is 2. The highest BCUT2D eigenvalue weighted by atomic mass is 15.1. The minimum absolute atomic E-state index is 0.879. The predicted molar refractivity (Wildman–Crippen MR) is 154 cm³/mol. The Kier molecular flexibility index (Phi) is 4.23. The maximum atomic E-state index is 5.20. The van der Waals surface area contributed by atoms with Crippen molar-refractivity contribution in [3.8, 4) is 16.8 Å². The lowest BCUT2D eigenvalue weighted by molar-refractivity contribution is 1.14. The van der Waals surface area contributed by atoms with E-state index in [4.69, 9.17) is 9.97 Å². The molecule has 0 radical (unpaired) electrons. The van der Waals surface area contributed by atoms with E-state index in [9.17, 15) is 0 Å². The summed E-state index contributed by atoms with van der Waals surface area (Å²) in [6.45, 7) is 0. The van der Waals surface area contributed by atoms with Crippen LogP contribution in [-0.4, -0.2) is 14.5 Å². The van der Waals surface area contributed by atoms with Crippen molar-refractivity contribution in [3.05, 3.63) is 127 Å². The molecule has 172 valence electrons. The van der Waals surface area contributed by atoms with Crippen molar-refractivity contribution in [1.82, 2.24) is 14.5 Å². The van der Waals surface area contributed by atoms with Crippen LogP contribution in [0.1, 0.15) is 0 Å². The first-order chi connectivity index (χ1) is 18.3. The molecule has 0 atom stereocenters. The van der Waals surface area contributed by atoms with Crippen LogP contribution in [0, 0.1) is 0 Å². The summed E-state index contributed by atoms with van der Waals surface area (Å²) in [6.07, 6.45) is 0. The Labute approximate surface area is 213 Å². The second-order valence-corrected chi connectivity index (χ2v) is 9.48. The fourth-order valence-electron chi connectivity index (χ4n) is 5.67. The van der Waals surface area contributed by atoms with Crippen LogP contribution in [0.2, 0.25) is 0 Å². The van der Waals surface area contributed by atoms with Gasteiger partial charge in [0.1, 0.15) is 5.52 Å². The van der Waals surface area contributed by atoms with E-state index in [0.29, 0.717) is 0 Å². The number of hydrogen-bond acceptors (Lipinski definition) is 2. The van der Waals surface area contributed by atoms with Gasteiger partial charge in [-0.05, 0) is 63.0 Å². The first-order valence-corrected chi connectivity index (χ1v) is 12.5. The summed E-state index contributed by atoms with van der Waals surface area (Å²) < 4.78 is 2.21. The van der Waals surface area contributed by atoms with Crippen LogP contribution in [0.3, 0.4) is 0 Å². The molecule has 0 spiro atoms. The van der Waals surface area contributed by atoms with Gasteiger partial charge in [0.05, 0.1) is 16.6 Å². The number of aromatic nitrogens is 3. The monoisotopic (exact) mass is 471 g/mol. The zero-order valence-corrected chi connectivity index (χ0v) is 20.0. The number of benzene rings is 6. The van der Waals surface area contributed by atoms with Crippen LogP contribution in [0.5, 0.6) is 0 Å². The third kappa shape index (κ3) is 3.01. The quantitative estimate of drug-likeness (QED) is 0.236. The molecule has 0 aliphatic carbocycles. The third-order valence-corrected chi connectivity index (χ3v) is 7.35. The zero-order chi connectivity index (χ0) is 24.3. The van der Waals surface area contributed by atoms with Gasteiger partial charge < -0.3 is 0 Å². The molecule has 37 heavy (non-hydrogen) atoms. The normalized spacial score (nSPS) is 11.8. The van der Waals surface area contributed by atoms with Crippen molar-refractivity contribution < 1.29 is 0 Å². The molecule has 0 fully saturated rings. The molecular formula is C34H21N3. The van der Waals surface area contributed by atoms with Gasteiger partial charge in [-0.3, -0.25) is 4.57 Å². The number of para-hydroxylation sites is 2. The number of fused-ring (bicyclic) bond motifs is 7. The number of hydrogen-bond donors (Lipinski definition) is 0. The zero-order valence-electron chi connectivity index (χ0n) is 20.0. The van der Waals surface area contributed by atoms with Crippen molar-refractivity contribution in [3.63, 3.8) is 0 Å². The highest BCUT2D eigenvalue weighted by Gasteiger charge is 2.16. The van der Waals surface area contributed by atoms with E-state index in [2.05, 4.69) is 126 Å². The van der Waals surface area contributed by atoms with Crippen molar-refractivity contribution in [2.75, 3.05) is 0 Å². The summed E-state index contributed by atoms with van der Waals surface area (Å²) in [7, 11) is 0. The van der Waals surface area contributed by atoms with Gasteiger partial charge in [0.2, 0.25) is 0 Å². The van der Waals surface area contributed by atoms with E-state index in [0.717, 1.165) is 44.4 Å². The Hall–Kier alpha value is -5.02. The second kappa shape index (κ2) is 7.74. The van der Waals surface area contributed by atoms with Crippen LogP contribution < -0.4 is 0 Å². The van der Waals surface area contributed by atoms with Crippen LogP contribution in [0.15, 0.2) is 127 Å². The molecule has 3 nitrogen and oxygen atoms in total. The average molecular weight is 472 g/mol. The molecule has 0 aliphatic rings. The van der Waals surface area contributed by atoms with E-state index in [1.54, 1.807) is 0 Å². The Morgan fingerprint density at radius 2 is 1.27 bits per heavy atom. The van der Waals surface area contributed by atoms with Crippen molar-refractivity contribution in [2.45, 2.75) is 0 Å². The third-order valence-electron chi connectivity index (χ3n) is 7.35. The summed E-state index contributed by atoms with van der Waals surface area (Å²) in [4.78, 5) is 10.3. The molecule has 3 heteroatoms. The highest BCUT2D eigenvalue weighted by molar-refractivity contribution is 6.15. The molecule has 0 bridgehead atoms. The van der Waals surface area contributed by atoms with E-state index in [1.165, 1.54) is 27.1 Å². The van der Waals surface area contributed by atoms with Crippen molar-refractivity contribution in [2.24, 2.45) is 0 Å². The fraction of sp³-hybridized carbons (Fsp3) is 0. The largest absolute Gasteiger partial charge is 0.293 e. The molecule has 0 saturated carbocycles. The number of nitrogens with zero attached hydrogens (tertiary/aromatic N) is 3. The lowest BCUT2D eigenvalue weighted by Crippen LogP contribution is -1.96. The Balaban J connectivity index is 1.42. The fourth-order valence-corrected chi connectivity index (χ4v) is 5.67. The lowest BCUT2D eigenvalue weighted by Gasteiger charge is -2.11. The van der Waals surface area contributed by atoms with Gasteiger partial charge in [-0.25, -0.2) is 9.97 Å². The smallest absolute Gasteiger partial charge is 0.165 e. The van der Waals surface area contributed by atoms with Crippen LogP contribution >= 0.6 is 0 Å².